The Labute approximate surface area is 102 Å². The lowest BCUT2D eigenvalue weighted by Gasteiger charge is -2.08. The molecule has 2 aromatic rings. The van der Waals surface area contributed by atoms with Crippen molar-refractivity contribution in [2.75, 3.05) is 0 Å². The Morgan fingerprint density at radius 1 is 1.29 bits per heavy atom. The molecule has 0 amide bonds. The first-order chi connectivity index (χ1) is 8.27. The Hall–Kier alpha value is -1.61. The highest BCUT2D eigenvalue weighted by Gasteiger charge is 2.05. The third kappa shape index (κ3) is 3.17. The van der Waals surface area contributed by atoms with Gasteiger partial charge in [-0.05, 0) is 19.8 Å². The molecule has 3 nitrogen and oxygen atoms in total. The minimum absolute atomic E-state index is 0.223. The topological polar surface area (TPSA) is 38.0 Å². The minimum Gasteiger partial charge on any atom is -0.393 e. The quantitative estimate of drug-likeness (QED) is 0.857. The van der Waals surface area contributed by atoms with Crippen molar-refractivity contribution in [3.05, 3.63) is 42.7 Å². The van der Waals surface area contributed by atoms with Gasteiger partial charge in [0.2, 0.25) is 0 Å². The van der Waals surface area contributed by atoms with Crippen molar-refractivity contribution in [3.63, 3.8) is 0 Å². The lowest BCUT2D eigenvalue weighted by molar-refractivity contribution is 0.179. The van der Waals surface area contributed by atoms with Gasteiger partial charge in [-0.1, -0.05) is 30.3 Å². The number of nitrogens with zero attached hydrogens (tertiary/aromatic N) is 2. The van der Waals surface area contributed by atoms with Crippen LogP contribution in [0.25, 0.3) is 11.4 Å². The van der Waals surface area contributed by atoms with Crippen LogP contribution >= 0.6 is 0 Å². The van der Waals surface area contributed by atoms with Crippen LogP contribution in [0.5, 0.6) is 0 Å². The number of rotatable bonds is 5. The summed E-state index contributed by atoms with van der Waals surface area (Å²) in [5.74, 6) is 0.996. The van der Waals surface area contributed by atoms with Crippen molar-refractivity contribution in [2.24, 2.45) is 0 Å². The van der Waals surface area contributed by atoms with Gasteiger partial charge in [-0.3, -0.25) is 0 Å². The lowest BCUT2D eigenvalue weighted by Crippen LogP contribution is -2.04. The SMILES string of the molecule is CC(O)CCCn1ccnc1-c1ccccc1. The average Bonchev–Trinajstić information content (AvgIpc) is 2.78. The summed E-state index contributed by atoms with van der Waals surface area (Å²) in [7, 11) is 0. The molecule has 1 aromatic heterocycles. The van der Waals surface area contributed by atoms with Crippen LogP contribution in [0.2, 0.25) is 0 Å². The molecule has 0 aliphatic rings. The molecule has 1 heterocycles. The monoisotopic (exact) mass is 230 g/mol. The molecule has 0 saturated heterocycles. The van der Waals surface area contributed by atoms with Gasteiger partial charge in [-0.25, -0.2) is 4.98 Å². The third-order valence-electron chi connectivity index (χ3n) is 2.77. The summed E-state index contributed by atoms with van der Waals surface area (Å²) in [6.45, 7) is 2.72. The number of aromatic nitrogens is 2. The van der Waals surface area contributed by atoms with E-state index in [-0.39, 0.29) is 6.10 Å². The van der Waals surface area contributed by atoms with Crippen molar-refractivity contribution in [2.45, 2.75) is 32.4 Å². The maximum Gasteiger partial charge on any atom is 0.139 e. The number of aliphatic hydroxyl groups excluding tert-OH is 1. The van der Waals surface area contributed by atoms with Gasteiger partial charge >= 0.3 is 0 Å². The van der Waals surface area contributed by atoms with E-state index in [4.69, 9.17) is 0 Å². The lowest BCUT2D eigenvalue weighted by atomic mass is 10.2. The number of aliphatic hydroxyl groups is 1. The zero-order valence-electron chi connectivity index (χ0n) is 10.1. The fraction of sp³-hybridized carbons (Fsp3) is 0.357. The number of hydrogen-bond donors (Lipinski definition) is 1. The van der Waals surface area contributed by atoms with Gasteiger partial charge in [0.25, 0.3) is 0 Å². The van der Waals surface area contributed by atoms with E-state index in [1.54, 1.807) is 0 Å². The van der Waals surface area contributed by atoms with Crippen LogP contribution in [0.3, 0.4) is 0 Å². The molecule has 3 heteroatoms. The first-order valence-electron chi connectivity index (χ1n) is 6.02. The molecule has 0 fully saturated rings. The van der Waals surface area contributed by atoms with Crippen molar-refractivity contribution in [3.8, 4) is 11.4 Å². The molecule has 17 heavy (non-hydrogen) atoms. The summed E-state index contributed by atoms with van der Waals surface area (Å²) < 4.78 is 2.14. The molecule has 1 aromatic carbocycles. The van der Waals surface area contributed by atoms with Gasteiger partial charge in [0.1, 0.15) is 5.82 Å². The van der Waals surface area contributed by atoms with E-state index < -0.39 is 0 Å². The molecule has 1 atom stereocenters. The van der Waals surface area contributed by atoms with E-state index in [9.17, 15) is 5.11 Å². The summed E-state index contributed by atoms with van der Waals surface area (Å²) in [5.41, 5.74) is 1.13. The third-order valence-corrected chi connectivity index (χ3v) is 2.77. The molecule has 1 N–H and O–H groups in total. The van der Waals surface area contributed by atoms with Crippen LogP contribution in [0.1, 0.15) is 19.8 Å². The second-order valence-electron chi connectivity index (χ2n) is 4.30. The molecular weight excluding hydrogens is 212 g/mol. The van der Waals surface area contributed by atoms with Crippen LogP contribution in [-0.4, -0.2) is 20.8 Å². The van der Waals surface area contributed by atoms with E-state index in [1.807, 2.05) is 37.5 Å². The molecule has 2 rings (SSSR count). The van der Waals surface area contributed by atoms with E-state index in [0.29, 0.717) is 0 Å². The number of aryl methyl sites for hydroxylation is 1. The Morgan fingerprint density at radius 3 is 2.76 bits per heavy atom. The van der Waals surface area contributed by atoms with Crippen LogP contribution in [-0.2, 0) is 6.54 Å². The van der Waals surface area contributed by atoms with Gasteiger partial charge in [0.05, 0.1) is 6.10 Å². The molecule has 0 aliphatic heterocycles. The predicted octanol–water partition coefficient (Wildman–Crippen LogP) is 2.71. The molecule has 1 unspecified atom stereocenters. The molecular formula is C14H18N2O. The highest BCUT2D eigenvalue weighted by molar-refractivity contribution is 5.54. The van der Waals surface area contributed by atoms with Gasteiger partial charge in [-0.2, -0.15) is 0 Å². The first kappa shape index (κ1) is 11.9. The Balaban J connectivity index is 2.07. The summed E-state index contributed by atoms with van der Waals surface area (Å²) in [6, 6.07) is 10.2. The average molecular weight is 230 g/mol. The van der Waals surface area contributed by atoms with Crippen molar-refractivity contribution in [1.82, 2.24) is 9.55 Å². The van der Waals surface area contributed by atoms with Crippen LogP contribution < -0.4 is 0 Å². The second kappa shape index (κ2) is 5.64. The minimum atomic E-state index is -0.223. The van der Waals surface area contributed by atoms with Crippen molar-refractivity contribution in [1.29, 1.82) is 0 Å². The van der Waals surface area contributed by atoms with Crippen molar-refractivity contribution < 1.29 is 5.11 Å². The summed E-state index contributed by atoms with van der Waals surface area (Å²) >= 11 is 0. The molecule has 90 valence electrons. The Kier molecular flexibility index (Phi) is 3.94. The Bertz CT molecular complexity index is 448. The van der Waals surface area contributed by atoms with E-state index in [0.717, 1.165) is 30.8 Å². The molecule has 0 saturated carbocycles. The first-order valence-corrected chi connectivity index (χ1v) is 6.02. The predicted molar refractivity (Wildman–Crippen MR) is 68.6 cm³/mol. The highest BCUT2D eigenvalue weighted by Crippen LogP contribution is 2.17. The van der Waals surface area contributed by atoms with E-state index in [1.165, 1.54) is 0 Å². The Morgan fingerprint density at radius 2 is 2.06 bits per heavy atom. The van der Waals surface area contributed by atoms with Crippen molar-refractivity contribution >= 4 is 0 Å². The molecule has 0 aliphatic carbocycles. The van der Waals surface area contributed by atoms with Gasteiger partial charge in [0.15, 0.2) is 0 Å². The van der Waals surface area contributed by atoms with Crippen LogP contribution in [0.4, 0.5) is 0 Å². The van der Waals surface area contributed by atoms with E-state index in [2.05, 4.69) is 21.7 Å². The smallest absolute Gasteiger partial charge is 0.139 e. The standard InChI is InChI=1S/C14H18N2O/c1-12(17)6-5-10-16-11-9-15-14(16)13-7-3-2-4-8-13/h2-4,7-9,11-12,17H,5-6,10H2,1H3. The number of imidazole rings is 1. The van der Waals surface area contributed by atoms with Gasteiger partial charge < -0.3 is 9.67 Å². The molecule has 0 spiro atoms. The van der Waals surface area contributed by atoms with Gasteiger partial charge in [-0.15, -0.1) is 0 Å². The fourth-order valence-corrected chi connectivity index (χ4v) is 1.89. The normalized spacial score (nSPS) is 12.6. The summed E-state index contributed by atoms with van der Waals surface area (Å²) in [5, 5.41) is 9.24. The van der Waals surface area contributed by atoms with Gasteiger partial charge in [0, 0.05) is 24.5 Å². The molecule has 0 radical (unpaired) electrons. The summed E-state index contributed by atoms with van der Waals surface area (Å²) in [4.78, 5) is 4.38. The van der Waals surface area contributed by atoms with Crippen LogP contribution in [0.15, 0.2) is 42.7 Å². The van der Waals surface area contributed by atoms with E-state index >= 15 is 0 Å². The highest BCUT2D eigenvalue weighted by atomic mass is 16.3. The molecule has 0 bridgehead atoms. The number of benzene rings is 1. The zero-order valence-corrected chi connectivity index (χ0v) is 10.1. The second-order valence-corrected chi connectivity index (χ2v) is 4.30. The number of hydrogen-bond acceptors (Lipinski definition) is 2. The fourth-order valence-electron chi connectivity index (χ4n) is 1.89. The summed E-state index contributed by atoms with van der Waals surface area (Å²) in [6.07, 6.45) is 5.38. The van der Waals surface area contributed by atoms with Crippen LogP contribution in [0, 0.1) is 0 Å². The zero-order chi connectivity index (χ0) is 12.1. The largest absolute Gasteiger partial charge is 0.393 e. The maximum atomic E-state index is 9.24. The maximum absolute atomic E-state index is 9.24.